The minimum Gasteiger partial charge on any atom is -0.368 e. The molecule has 0 aliphatic heterocycles. The molecule has 5 nitrogen and oxygen atoms in total. The molecule has 0 bridgehead atoms. The number of amides is 1. The van der Waals surface area contributed by atoms with Crippen molar-refractivity contribution in [3.05, 3.63) is 64.7 Å². The predicted molar refractivity (Wildman–Crippen MR) is 80.1 cm³/mol. The molecule has 0 radical (unpaired) electrons. The number of rotatable bonds is 5. The van der Waals surface area contributed by atoms with Crippen LogP contribution in [0.1, 0.15) is 11.6 Å². The second kappa shape index (κ2) is 6.61. The molecular weight excluding hydrogens is 350 g/mol. The Kier molecular flexibility index (Phi) is 4.98. The van der Waals surface area contributed by atoms with E-state index in [9.17, 15) is 22.0 Å². The predicted octanol–water partition coefficient (Wildman–Crippen LogP) is 2.12. The number of halogens is 3. The van der Waals surface area contributed by atoms with E-state index in [1.807, 2.05) is 4.72 Å². The van der Waals surface area contributed by atoms with Crippen LogP contribution in [0.15, 0.2) is 47.4 Å². The Morgan fingerprint density at radius 3 is 2.09 bits per heavy atom. The summed E-state index contributed by atoms with van der Waals surface area (Å²) < 4.78 is 53.1. The summed E-state index contributed by atoms with van der Waals surface area (Å²) in [5.74, 6) is -3.03. The maximum atomic E-state index is 13.3. The molecule has 0 spiro atoms. The first-order chi connectivity index (χ1) is 10.7. The normalized spacial score (nSPS) is 12.8. The summed E-state index contributed by atoms with van der Waals surface area (Å²) in [7, 11) is -4.15. The van der Waals surface area contributed by atoms with Crippen molar-refractivity contribution in [2.75, 3.05) is 0 Å². The van der Waals surface area contributed by atoms with Gasteiger partial charge in [0.15, 0.2) is 0 Å². The molecule has 1 atom stereocenters. The van der Waals surface area contributed by atoms with E-state index >= 15 is 0 Å². The smallest absolute Gasteiger partial charge is 0.241 e. The highest BCUT2D eigenvalue weighted by molar-refractivity contribution is 7.89. The molecule has 23 heavy (non-hydrogen) atoms. The van der Waals surface area contributed by atoms with Gasteiger partial charge in [-0.2, -0.15) is 4.72 Å². The van der Waals surface area contributed by atoms with Crippen LogP contribution >= 0.6 is 11.6 Å². The van der Waals surface area contributed by atoms with Crippen molar-refractivity contribution < 1.29 is 22.0 Å². The summed E-state index contributed by atoms with van der Waals surface area (Å²) in [6.45, 7) is 0. The van der Waals surface area contributed by atoms with E-state index in [1.165, 1.54) is 24.3 Å². The van der Waals surface area contributed by atoms with Gasteiger partial charge in [0.25, 0.3) is 0 Å². The quantitative estimate of drug-likeness (QED) is 0.855. The molecule has 3 N–H and O–H groups in total. The second-order valence-electron chi connectivity index (χ2n) is 4.61. The lowest BCUT2D eigenvalue weighted by molar-refractivity contribution is -0.119. The maximum absolute atomic E-state index is 13.3. The first kappa shape index (κ1) is 17.3. The van der Waals surface area contributed by atoms with Gasteiger partial charge in [0, 0.05) is 11.1 Å². The molecule has 0 heterocycles. The van der Waals surface area contributed by atoms with Crippen LogP contribution < -0.4 is 10.5 Å². The molecule has 0 aliphatic rings. The number of benzene rings is 2. The minimum absolute atomic E-state index is 0.176. The zero-order chi connectivity index (χ0) is 17.2. The molecule has 0 aromatic heterocycles. The van der Waals surface area contributed by atoms with E-state index in [0.29, 0.717) is 11.1 Å². The number of carbonyl (C=O) groups excluding carboxylic acids is 1. The Bertz CT molecular complexity index is 821. The van der Waals surface area contributed by atoms with Crippen molar-refractivity contribution in [2.45, 2.75) is 10.9 Å². The van der Waals surface area contributed by atoms with Crippen LogP contribution in [0.2, 0.25) is 5.02 Å². The topological polar surface area (TPSA) is 89.3 Å². The van der Waals surface area contributed by atoms with Gasteiger partial charge in [0.05, 0.1) is 4.90 Å². The monoisotopic (exact) mass is 360 g/mol. The molecule has 9 heteroatoms. The third kappa shape index (κ3) is 4.25. The Balaban J connectivity index is 2.39. The van der Waals surface area contributed by atoms with Crippen LogP contribution in [-0.2, 0) is 14.8 Å². The van der Waals surface area contributed by atoms with Gasteiger partial charge >= 0.3 is 0 Å². The van der Waals surface area contributed by atoms with Crippen LogP contribution in [0.4, 0.5) is 8.78 Å². The zero-order valence-corrected chi connectivity index (χ0v) is 13.0. The Morgan fingerprint density at radius 1 is 1.09 bits per heavy atom. The lowest BCUT2D eigenvalue weighted by atomic mass is 10.1. The molecule has 2 aromatic carbocycles. The fraction of sp³-hybridized carbons (Fsp3) is 0.0714. The lowest BCUT2D eigenvalue weighted by Gasteiger charge is -2.16. The molecule has 2 rings (SSSR count). The SMILES string of the molecule is NC(=O)C(NS(=O)(=O)c1ccc(Cl)cc1)c1cc(F)cc(F)c1. The fourth-order valence-electron chi connectivity index (χ4n) is 1.87. The number of hydrogen-bond donors (Lipinski definition) is 2. The van der Waals surface area contributed by atoms with Gasteiger partial charge < -0.3 is 5.73 Å². The van der Waals surface area contributed by atoms with Crippen molar-refractivity contribution >= 4 is 27.5 Å². The van der Waals surface area contributed by atoms with Gasteiger partial charge in [-0.3, -0.25) is 4.79 Å². The van der Waals surface area contributed by atoms with Gasteiger partial charge in [-0.15, -0.1) is 0 Å². The molecular formula is C14H11ClF2N2O3S. The van der Waals surface area contributed by atoms with E-state index < -0.39 is 33.6 Å². The van der Waals surface area contributed by atoms with Crippen LogP contribution in [0.5, 0.6) is 0 Å². The number of hydrogen-bond acceptors (Lipinski definition) is 3. The molecule has 2 aromatic rings. The lowest BCUT2D eigenvalue weighted by Crippen LogP contribution is -2.37. The first-order valence-electron chi connectivity index (χ1n) is 6.22. The molecule has 1 amide bonds. The number of carbonyl (C=O) groups is 1. The van der Waals surface area contributed by atoms with E-state index in [2.05, 4.69) is 0 Å². The molecule has 0 aliphatic carbocycles. The van der Waals surface area contributed by atoms with Crippen LogP contribution in [0.3, 0.4) is 0 Å². The highest BCUT2D eigenvalue weighted by Crippen LogP contribution is 2.20. The number of nitrogens with two attached hydrogens (primary N) is 1. The van der Waals surface area contributed by atoms with Crippen LogP contribution in [-0.4, -0.2) is 14.3 Å². The molecule has 0 saturated carbocycles. The molecule has 1 unspecified atom stereocenters. The van der Waals surface area contributed by atoms with E-state index in [4.69, 9.17) is 17.3 Å². The van der Waals surface area contributed by atoms with Gasteiger partial charge in [-0.05, 0) is 42.0 Å². The van der Waals surface area contributed by atoms with Gasteiger partial charge in [0.1, 0.15) is 17.7 Å². The highest BCUT2D eigenvalue weighted by atomic mass is 35.5. The molecule has 122 valence electrons. The average molecular weight is 361 g/mol. The van der Waals surface area contributed by atoms with E-state index in [1.54, 1.807) is 0 Å². The number of sulfonamides is 1. The molecule has 0 saturated heterocycles. The first-order valence-corrected chi connectivity index (χ1v) is 8.08. The van der Waals surface area contributed by atoms with Crippen molar-refractivity contribution in [3.63, 3.8) is 0 Å². The van der Waals surface area contributed by atoms with Gasteiger partial charge in [0.2, 0.25) is 15.9 Å². The van der Waals surface area contributed by atoms with Gasteiger partial charge in [-0.1, -0.05) is 11.6 Å². The standard InChI is InChI=1S/C14H11ClF2N2O3S/c15-9-1-3-12(4-2-9)23(21,22)19-13(14(18)20)8-5-10(16)7-11(17)6-8/h1-7,13,19H,(H2,18,20). The van der Waals surface area contributed by atoms with Crippen molar-refractivity contribution in [3.8, 4) is 0 Å². The average Bonchev–Trinajstić information content (AvgIpc) is 2.44. The fourth-order valence-corrected chi connectivity index (χ4v) is 3.19. The summed E-state index contributed by atoms with van der Waals surface area (Å²) in [6, 6.07) is 5.74. The number of primary amides is 1. The minimum atomic E-state index is -4.15. The summed E-state index contributed by atoms with van der Waals surface area (Å²) in [4.78, 5) is 11.3. The summed E-state index contributed by atoms with van der Waals surface area (Å²) >= 11 is 5.68. The summed E-state index contributed by atoms with van der Waals surface area (Å²) in [6.07, 6.45) is 0. The third-order valence-corrected chi connectivity index (χ3v) is 4.59. The summed E-state index contributed by atoms with van der Waals surface area (Å²) in [5, 5.41) is 0.322. The maximum Gasteiger partial charge on any atom is 0.241 e. The van der Waals surface area contributed by atoms with Crippen molar-refractivity contribution in [1.29, 1.82) is 0 Å². The second-order valence-corrected chi connectivity index (χ2v) is 6.76. The zero-order valence-electron chi connectivity index (χ0n) is 11.5. The Labute approximate surface area is 136 Å². The highest BCUT2D eigenvalue weighted by Gasteiger charge is 2.26. The van der Waals surface area contributed by atoms with Crippen molar-refractivity contribution in [1.82, 2.24) is 4.72 Å². The van der Waals surface area contributed by atoms with Crippen molar-refractivity contribution in [2.24, 2.45) is 5.73 Å². The number of nitrogens with one attached hydrogen (secondary N) is 1. The summed E-state index contributed by atoms with van der Waals surface area (Å²) in [5.41, 5.74) is 4.90. The Morgan fingerprint density at radius 2 is 1.61 bits per heavy atom. The van der Waals surface area contributed by atoms with Crippen LogP contribution in [0.25, 0.3) is 0 Å². The third-order valence-electron chi connectivity index (χ3n) is 2.90. The van der Waals surface area contributed by atoms with E-state index in [-0.39, 0.29) is 10.5 Å². The molecule has 0 fully saturated rings. The Hall–Kier alpha value is -2.03. The van der Waals surface area contributed by atoms with Crippen LogP contribution in [0, 0.1) is 11.6 Å². The van der Waals surface area contributed by atoms with E-state index in [0.717, 1.165) is 12.1 Å². The largest absolute Gasteiger partial charge is 0.368 e. The van der Waals surface area contributed by atoms with Gasteiger partial charge in [-0.25, -0.2) is 17.2 Å².